The van der Waals surface area contributed by atoms with E-state index in [1.54, 1.807) is 4.90 Å². The Morgan fingerprint density at radius 1 is 1.11 bits per heavy atom. The Morgan fingerprint density at radius 2 is 1.81 bits per heavy atom. The standard InChI is InChI=1S/C22H27N3O2/c1-2-21(26)24-11-4-6-20(16-24)22(27)25-12-3-5-19(15-25)13-17-7-9-18(14-23)10-8-17/h2,7-10,19-20H,1,3-6,11-13,15-16H2. The molecular formula is C22H27N3O2. The number of benzene rings is 1. The molecule has 142 valence electrons. The van der Waals surface area contributed by atoms with Crippen molar-refractivity contribution in [3.05, 3.63) is 48.0 Å². The fourth-order valence-corrected chi connectivity index (χ4v) is 4.25. The minimum atomic E-state index is -0.0867. The summed E-state index contributed by atoms with van der Waals surface area (Å²) >= 11 is 0. The van der Waals surface area contributed by atoms with E-state index in [1.165, 1.54) is 11.6 Å². The zero-order valence-corrected chi connectivity index (χ0v) is 15.8. The molecule has 0 N–H and O–H groups in total. The molecule has 27 heavy (non-hydrogen) atoms. The molecule has 1 aromatic carbocycles. The molecule has 0 aromatic heterocycles. The van der Waals surface area contributed by atoms with Gasteiger partial charge in [0.05, 0.1) is 17.6 Å². The Kier molecular flexibility index (Phi) is 6.28. The van der Waals surface area contributed by atoms with Gasteiger partial charge in [0.15, 0.2) is 0 Å². The predicted octanol–water partition coefficient (Wildman–Crippen LogP) is 2.76. The molecule has 5 heteroatoms. The molecule has 2 fully saturated rings. The molecule has 0 aliphatic carbocycles. The van der Waals surface area contributed by atoms with Gasteiger partial charge in [0.1, 0.15) is 0 Å². The highest BCUT2D eigenvalue weighted by Gasteiger charge is 2.32. The molecule has 2 amide bonds. The third-order valence-electron chi connectivity index (χ3n) is 5.70. The van der Waals surface area contributed by atoms with Gasteiger partial charge >= 0.3 is 0 Å². The average Bonchev–Trinajstić information content (AvgIpc) is 2.73. The highest BCUT2D eigenvalue weighted by Crippen LogP contribution is 2.25. The maximum absolute atomic E-state index is 13.0. The zero-order chi connectivity index (χ0) is 19.2. The number of carbonyl (C=O) groups is 2. The molecule has 5 nitrogen and oxygen atoms in total. The molecule has 0 saturated carbocycles. The lowest BCUT2D eigenvalue weighted by Gasteiger charge is -2.38. The van der Waals surface area contributed by atoms with Gasteiger partial charge in [0, 0.05) is 26.2 Å². The van der Waals surface area contributed by atoms with Gasteiger partial charge in [0.25, 0.3) is 0 Å². The van der Waals surface area contributed by atoms with Crippen molar-refractivity contribution in [3.8, 4) is 6.07 Å². The Balaban J connectivity index is 1.58. The van der Waals surface area contributed by atoms with Crippen molar-refractivity contribution in [3.63, 3.8) is 0 Å². The third-order valence-corrected chi connectivity index (χ3v) is 5.70. The van der Waals surface area contributed by atoms with Gasteiger partial charge in [-0.1, -0.05) is 18.7 Å². The first-order valence-electron chi connectivity index (χ1n) is 9.80. The first-order chi connectivity index (χ1) is 13.1. The van der Waals surface area contributed by atoms with Crippen molar-refractivity contribution >= 4 is 11.8 Å². The summed E-state index contributed by atoms with van der Waals surface area (Å²) in [6, 6.07) is 9.88. The van der Waals surface area contributed by atoms with Crippen molar-refractivity contribution in [2.24, 2.45) is 11.8 Å². The molecule has 2 aliphatic heterocycles. The number of hydrogen-bond donors (Lipinski definition) is 0. The van der Waals surface area contributed by atoms with E-state index in [9.17, 15) is 9.59 Å². The van der Waals surface area contributed by atoms with Crippen LogP contribution in [0.2, 0.25) is 0 Å². The predicted molar refractivity (Wildman–Crippen MR) is 104 cm³/mol. The van der Waals surface area contributed by atoms with E-state index in [-0.39, 0.29) is 17.7 Å². The van der Waals surface area contributed by atoms with E-state index in [0.717, 1.165) is 51.7 Å². The Morgan fingerprint density at radius 3 is 2.52 bits per heavy atom. The number of amides is 2. The third kappa shape index (κ3) is 4.77. The molecule has 2 atom stereocenters. The summed E-state index contributed by atoms with van der Waals surface area (Å²) in [5, 5.41) is 8.91. The van der Waals surface area contributed by atoms with E-state index in [0.29, 0.717) is 18.0 Å². The van der Waals surface area contributed by atoms with E-state index in [4.69, 9.17) is 5.26 Å². The van der Waals surface area contributed by atoms with Gasteiger partial charge in [0.2, 0.25) is 11.8 Å². The number of rotatable bonds is 4. The van der Waals surface area contributed by atoms with Crippen molar-refractivity contribution in [1.29, 1.82) is 5.26 Å². The van der Waals surface area contributed by atoms with Crippen LogP contribution in [-0.2, 0) is 16.0 Å². The average molecular weight is 365 g/mol. The van der Waals surface area contributed by atoms with Gasteiger partial charge < -0.3 is 9.80 Å². The Labute approximate surface area is 161 Å². The highest BCUT2D eigenvalue weighted by molar-refractivity contribution is 5.88. The van der Waals surface area contributed by atoms with Crippen molar-refractivity contribution in [1.82, 2.24) is 9.80 Å². The topological polar surface area (TPSA) is 64.4 Å². The minimum Gasteiger partial charge on any atom is -0.342 e. The summed E-state index contributed by atoms with van der Waals surface area (Å²) in [6.45, 7) is 6.38. The first kappa shape index (κ1) is 19.2. The zero-order valence-electron chi connectivity index (χ0n) is 15.8. The van der Waals surface area contributed by atoms with Gasteiger partial charge in [-0.3, -0.25) is 9.59 Å². The van der Waals surface area contributed by atoms with Gasteiger partial charge in [-0.25, -0.2) is 0 Å². The number of nitriles is 1. The van der Waals surface area contributed by atoms with E-state index < -0.39 is 0 Å². The minimum absolute atomic E-state index is 0.0789. The number of nitrogens with zero attached hydrogens (tertiary/aromatic N) is 3. The summed E-state index contributed by atoms with van der Waals surface area (Å²) in [7, 11) is 0. The molecule has 0 radical (unpaired) electrons. The van der Waals surface area contributed by atoms with Crippen LogP contribution in [0.3, 0.4) is 0 Å². The lowest BCUT2D eigenvalue weighted by Crippen LogP contribution is -2.49. The van der Waals surface area contributed by atoms with Gasteiger partial charge in [-0.2, -0.15) is 5.26 Å². The van der Waals surface area contributed by atoms with E-state index in [2.05, 4.69) is 12.6 Å². The summed E-state index contributed by atoms with van der Waals surface area (Å²) in [5.41, 5.74) is 1.89. The Bertz CT molecular complexity index is 735. The molecule has 2 heterocycles. The SMILES string of the molecule is C=CC(=O)N1CCCC(C(=O)N2CCCC(Cc3ccc(C#N)cc3)C2)C1. The molecule has 2 saturated heterocycles. The number of hydrogen-bond acceptors (Lipinski definition) is 3. The van der Waals surface area contributed by atoms with Gasteiger partial charge in [-0.05, 0) is 61.8 Å². The second-order valence-corrected chi connectivity index (χ2v) is 7.63. The van der Waals surface area contributed by atoms with E-state index >= 15 is 0 Å². The van der Waals surface area contributed by atoms with Crippen molar-refractivity contribution < 1.29 is 9.59 Å². The first-order valence-corrected chi connectivity index (χ1v) is 9.80. The van der Waals surface area contributed by atoms with Crippen LogP contribution in [-0.4, -0.2) is 47.8 Å². The highest BCUT2D eigenvalue weighted by atomic mass is 16.2. The van der Waals surface area contributed by atoms with Crippen molar-refractivity contribution in [2.75, 3.05) is 26.2 Å². The molecule has 0 spiro atoms. The number of piperidine rings is 2. The molecule has 3 rings (SSSR count). The Hall–Kier alpha value is -2.61. The van der Waals surface area contributed by atoms with Crippen LogP contribution in [0.1, 0.15) is 36.8 Å². The summed E-state index contributed by atoms with van der Waals surface area (Å²) < 4.78 is 0. The smallest absolute Gasteiger partial charge is 0.245 e. The van der Waals surface area contributed by atoms with Crippen LogP contribution in [0.4, 0.5) is 0 Å². The van der Waals surface area contributed by atoms with Crippen LogP contribution >= 0.6 is 0 Å². The molecule has 2 aliphatic rings. The normalized spacial score (nSPS) is 22.8. The number of carbonyl (C=O) groups excluding carboxylic acids is 2. The van der Waals surface area contributed by atoms with Gasteiger partial charge in [-0.15, -0.1) is 0 Å². The van der Waals surface area contributed by atoms with Crippen LogP contribution in [0.5, 0.6) is 0 Å². The number of likely N-dealkylation sites (tertiary alicyclic amines) is 2. The second kappa shape index (κ2) is 8.85. The van der Waals surface area contributed by atoms with Crippen molar-refractivity contribution in [2.45, 2.75) is 32.1 Å². The van der Waals surface area contributed by atoms with Crippen LogP contribution in [0, 0.1) is 23.2 Å². The lowest BCUT2D eigenvalue weighted by atomic mass is 9.89. The van der Waals surface area contributed by atoms with Crippen LogP contribution in [0.25, 0.3) is 0 Å². The summed E-state index contributed by atoms with van der Waals surface area (Å²) in [4.78, 5) is 28.6. The fraction of sp³-hybridized carbons (Fsp3) is 0.500. The maximum atomic E-state index is 13.0. The van der Waals surface area contributed by atoms with E-state index in [1.807, 2.05) is 29.2 Å². The van der Waals surface area contributed by atoms with Crippen LogP contribution < -0.4 is 0 Å². The summed E-state index contributed by atoms with van der Waals surface area (Å²) in [5.74, 6) is 0.479. The molecular weight excluding hydrogens is 338 g/mol. The quantitative estimate of drug-likeness (QED) is 0.771. The molecule has 0 bridgehead atoms. The fourth-order valence-electron chi connectivity index (χ4n) is 4.25. The lowest BCUT2D eigenvalue weighted by molar-refractivity contribution is -0.141. The molecule has 1 aromatic rings. The largest absolute Gasteiger partial charge is 0.342 e. The maximum Gasteiger partial charge on any atom is 0.245 e. The molecule has 2 unspecified atom stereocenters. The second-order valence-electron chi connectivity index (χ2n) is 7.63. The monoisotopic (exact) mass is 365 g/mol. The van der Waals surface area contributed by atoms with Crippen LogP contribution in [0.15, 0.2) is 36.9 Å². The summed E-state index contributed by atoms with van der Waals surface area (Å²) in [6.07, 6.45) is 6.14.